The van der Waals surface area contributed by atoms with Gasteiger partial charge in [0.25, 0.3) is 0 Å². The number of hydrogen-bond donors (Lipinski definition) is 1. The summed E-state index contributed by atoms with van der Waals surface area (Å²) in [6.07, 6.45) is 0.864. The number of aliphatic carboxylic acids is 1. The summed E-state index contributed by atoms with van der Waals surface area (Å²) in [7, 11) is 0. The van der Waals surface area contributed by atoms with Crippen LogP contribution in [0.5, 0.6) is 0 Å². The van der Waals surface area contributed by atoms with E-state index in [0.29, 0.717) is 12.1 Å². The largest absolute Gasteiger partial charge is 0.480 e. The van der Waals surface area contributed by atoms with Crippen LogP contribution >= 0.6 is 0 Å². The Labute approximate surface area is 141 Å². The number of ether oxygens (including phenoxy) is 1. The van der Waals surface area contributed by atoms with Gasteiger partial charge in [-0.1, -0.05) is 18.2 Å². The number of nitrogens with zero attached hydrogens (tertiary/aromatic N) is 1. The summed E-state index contributed by atoms with van der Waals surface area (Å²) in [5.74, 6) is -1.79. The van der Waals surface area contributed by atoms with E-state index in [-0.39, 0.29) is 37.2 Å². The predicted molar refractivity (Wildman–Crippen MR) is 88.9 cm³/mol. The highest BCUT2D eigenvalue weighted by molar-refractivity contribution is 5.99. The molecule has 24 heavy (non-hydrogen) atoms. The number of esters is 1. The molecule has 1 heterocycles. The SMILES string of the molecule is CC(C)(C)OC(=O)C[C@H]1CCC(=O)N(CC(=O)O)c2ccccc21. The molecule has 0 aromatic heterocycles. The van der Waals surface area contributed by atoms with Crippen molar-refractivity contribution in [2.75, 3.05) is 11.4 Å². The molecule has 1 atom stereocenters. The minimum atomic E-state index is -1.07. The van der Waals surface area contributed by atoms with E-state index in [1.54, 1.807) is 12.1 Å². The molecule has 1 aliphatic heterocycles. The molecule has 6 heteroatoms. The van der Waals surface area contributed by atoms with Crippen LogP contribution in [0.4, 0.5) is 5.69 Å². The standard InChI is InChI=1S/C18H23NO5/c1-18(2,3)24-17(23)10-12-8-9-15(20)19(11-16(21)22)14-7-5-4-6-13(12)14/h4-7,12H,8-11H2,1-3H3,(H,21,22)/t12-/m1/s1. The average molecular weight is 333 g/mol. The molecule has 0 saturated heterocycles. The van der Waals surface area contributed by atoms with E-state index in [1.807, 2.05) is 32.9 Å². The van der Waals surface area contributed by atoms with Crippen molar-refractivity contribution in [3.8, 4) is 0 Å². The Kier molecular flexibility index (Phi) is 5.26. The molecule has 1 N–H and O–H groups in total. The molecular formula is C18H23NO5. The van der Waals surface area contributed by atoms with Crippen LogP contribution in [0.1, 0.15) is 51.5 Å². The lowest BCUT2D eigenvalue weighted by Crippen LogP contribution is -2.35. The van der Waals surface area contributed by atoms with Crippen LogP contribution in [0.2, 0.25) is 0 Å². The van der Waals surface area contributed by atoms with Gasteiger partial charge in [-0.25, -0.2) is 0 Å². The number of carboxylic acids is 1. The van der Waals surface area contributed by atoms with Crippen molar-refractivity contribution in [2.45, 2.75) is 51.6 Å². The molecule has 0 aliphatic carbocycles. The van der Waals surface area contributed by atoms with E-state index in [4.69, 9.17) is 9.84 Å². The van der Waals surface area contributed by atoms with Crippen LogP contribution in [0.25, 0.3) is 0 Å². The number of carbonyl (C=O) groups is 3. The number of anilines is 1. The maximum absolute atomic E-state index is 12.3. The second-order valence-corrected chi connectivity index (χ2v) is 6.96. The zero-order valence-electron chi connectivity index (χ0n) is 14.2. The third kappa shape index (κ3) is 4.57. The Bertz CT molecular complexity index is 647. The van der Waals surface area contributed by atoms with Crippen molar-refractivity contribution in [1.29, 1.82) is 0 Å². The second kappa shape index (κ2) is 7.03. The Morgan fingerprint density at radius 1 is 1.29 bits per heavy atom. The minimum absolute atomic E-state index is 0.168. The third-order valence-electron chi connectivity index (χ3n) is 3.80. The van der Waals surface area contributed by atoms with Crippen LogP contribution in [0.3, 0.4) is 0 Å². The Morgan fingerprint density at radius 3 is 2.58 bits per heavy atom. The molecule has 2 rings (SSSR count). The number of carboxylic acid groups (broad SMARTS) is 1. The highest BCUT2D eigenvalue weighted by Crippen LogP contribution is 2.37. The maximum Gasteiger partial charge on any atom is 0.323 e. The number of fused-ring (bicyclic) bond motifs is 1. The third-order valence-corrected chi connectivity index (χ3v) is 3.80. The molecular weight excluding hydrogens is 310 g/mol. The fourth-order valence-electron chi connectivity index (χ4n) is 2.91. The summed E-state index contributed by atoms with van der Waals surface area (Å²) in [6, 6.07) is 7.16. The first-order chi connectivity index (χ1) is 11.2. The van der Waals surface area contributed by atoms with Gasteiger partial charge < -0.3 is 14.7 Å². The van der Waals surface area contributed by atoms with Crippen molar-refractivity contribution in [3.63, 3.8) is 0 Å². The minimum Gasteiger partial charge on any atom is -0.480 e. The second-order valence-electron chi connectivity index (χ2n) is 6.96. The molecule has 130 valence electrons. The summed E-state index contributed by atoms with van der Waals surface area (Å²) >= 11 is 0. The molecule has 0 saturated carbocycles. The fraction of sp³-hybridized carbons (Fsp3) is 0.500. The fourth-order valence-corrected chi connectivity index (χ4v) is 2.91. The molecule has 1 aliphatic rings. The van der Waals surface area contributed by atoms with Crippen molar-refractivity contribution in [2.24, 2.45) is 0 Å². The first-order valence-corrected chi connectivity index (χ1v) is 8.00. The zero-order chi connectivity index (χ0) is 17.9. The van der Waals surface area contributed by atoms with Crippen molar-refractivity contribution < 1.29 is 24.2 Å². The molecule has 0 radical (unpaired) electrons. The molecule has 6 nitrogen and oxygen atoms in total. The van der Waals surface area contributed by atoms with E-state index in [9.17, 15) is 14.4 Å². The van der Waals surface area contributed by atoms with Gasteiger partial charge in [-0.15, -0.1) is 0 Å². The maximum atomic E-state index is 12.3. The van der Waals surface area contributed by atoms with E-state index >= 15 is 0 Å². The number of hydrogen-bond acceptors (Lipinski definition) is 4. The number of carbonyl (C=O) groups excluding carboxylic acids is 2. The molecule has 0 spiro atoms. The molecule has 1 aromatic carbocycles. The van der Waals surface area contributed by atoms with Gasteiger partial charge in [-0.3, -0.25) is 14.4 Å². The zero-order valence-corrected chi connectivity index (χ0v) is 14.2. The van der Waals surface area contributed by atoms with Crippen LogP contribution in [-0.2, 0) is 19.1 Å². The smallest absolute Gasteiger partial charge is 0.323 e. The number of rotatable bonds is 4. The summed E-state index contributed by atoms with van der Waals surface area (Å²) in [6.45, 7) is 5.05. The molecule has 1 amide bonds. The van der Waals surface area contributed by atoms with Crippen LogP contribution in [0, 0.1) is 0 Å². The summed E-state index contributed by atoms with van der Waals surface area (Å²) in [5, 5.41) is 9.07. The Morgan fingerprint density at radius 2 is 1.96 bits per heavy atom. The van der Waals surface area contributed by atoms with Gasteiger partial charge in [0.2, 0.25) is 5.91 Å². The van der Waals surface area contributed by atoms with Gasteiger partial charge in [0, 0.05) is 12.1 Å². The lowest BCUT2D eigenvalue weighted by atomic mass is 9.91. The van der Waals surface area contributed by atoms with Gasteiger partial charge in [0.05, 0.1) is 6.42 Å². The quantitative estimate of drug-likeness (QED) is 0.857. The van der Waals surface area contributed by atoms with E-state index in [1.165, 1.54) is 4.90 Å². The monoisotopic (exact) mass is 333 g/mol. The van der Waals surface area contributed by atoms with Gasteiger partial charge >= 0.3 is 11.9 Å². The number of para-hydroxylation sites is 1. The molecule has 0 unspecified atom stereocenters. The molecule has 0 fully saturated rings. The van der Waals surface area contributed by atoms with Gasteiger partial charge in [0.1, 0.15) is 12.1 Å². The lowest BCUT2D eigenvalue weighted by Gasteiger charge is -2.24. The topological polar surface area (TPSA) is 83.9 Å². The normalized spacial score (nSPS) is 17.9. The van der Waals surface area contributed by atoms with Crippen LogP contribution in [0.15, 0.2) is 24.3 Å². The van der Waals surface area contributed by atoms with Crippen molar-refractivity contribution in [3.05, 3.63) is 29.8 Å². The average Bonchev–Trinajstić information content (AvgIpc) is 2.57. The Hall–Kier alpha value is -2.37. The van der Waals surface area contributed by atoms with Gasteiger partial charge in [-0.2, -0.15) is 0 Å². The Balaban J connectivity index is 2.29. The lowest BCUT2D eigenvalue weighted by molar-refractivity contribution is -0.155. The van der Waals surface area contributed by atoms with Gasteiger partial charge in [-0.05, 0) is 44.7 Å². The highest BCUT2D eigenvalue weighted by atomic mass is 16.6. The van der Waals surface area contributed by atoms with Crippen molar-refractivity contribution >= 4 is 23.5 Å². The molecule has 1 aromatic rings. The van der Waals surface area contributed by atoms with E-state index < -0.39 is 11.6 Å². The number of amides is 1. The van der Waals surface area contributed by atoms with Crippen molar-refractivity contribution in [1.82, 2.24) is 0 Å². The van der Waals surface area contributed by atoms with E-state index in [0.717, 1.165) is 5.56 Å². The van der Waals surface area contributed by atoms with E-state index in [2.05, 4.69) is 0 Å². The summed E-state index contributed by atoms with van der Waals surface area (Å²) < 4.78 is 5.38. The van der Waals surface area contributed by atoms with Gasteiger partial charge in [0.15, 0.2) is 0 Å². The first kappa shape index (κ1) is 18.0. The summed E-state index contributed by atoms with van der Waals surface area (Å²) in [5.41, 5.74) is 0.818. The highest BCUT2D eigenvalue weighted by Gasteiger charge is 2.31. The molecule has 0 bridgehead atoms. The first-order valence-electron chi connectivity index (χ1n) is 8.00. The predicted octanol–water partition coefficient (Wildman–Crippen LogP) is 2.71. The summed E-state index contributed by atoms with van der Waals surface area (Å²) in [4.78, 5) is 36.9. The number of benzene rings is 1. The van der Waals surface area contributed by atoms with Crippen LogP contribution in [-0.4, -0.2) is 35.1 Å². The van der Waals surface area contributed by atoms with Crippen LogP contribution < -0.4 is 4.90 Å².